The Hall–Kier alpha value is -1.89. The van der Waals surface area contributed by atoms with E-state index < -0.39 is 5.91 Å². The van der Waals surface area contributed by atoms with E-state index in [0.717, 1.165) is 32.3 Å². The molecule has 1 fully saturated rings. The van der Waals surface area contributed by atoms with Gasteiger partial charge in [-0.3, -0.25) is 4.79 Å². The van der Waals surface area contributed by atoms with Gasteiger partial charge in [-0.25, -0.2) is 4.98 Å². The molecule has 0 spiro atoms. The van der Waals surface area contributed by atoms with Crippen LogP contribution in [0.15, 0.2) is 6.20 Å². The number of aromatic nitrogens is 2. The molecular formula is C19H33N5O2. The Morgan fingerprint density at radius 1 is 1.35 bits per heavy atom. The number of ether oxygens (including phenoxy) is 1. The molecule has 1 aromatic rings. The number of anilines is 2. The molecule has 0 bridgehead atoms. The Kier molecular flexibility index (Phi) is 6.81. The summed E-state index contributed by atoms with van der Waals surface area (Å²) in [5, 5.41) is 6.71. The molecule has 7 heteroatoms. The molecule has 4 N–H and O–H groups in total. The lowest BCUT2D eigenvalue weighted by Gasteiger charge is -2.30. The highest BCUT2D eigenvalue weighted by molar-refractivity contribution is 5.97. The van der Waals surface area contributed by atoms with Gasteiger partial charge in [-0.1, -0.05) is 20.8 Å². The van der Waals surface area contributed by atoms with Gasteiger partial charge >= 0.3 is 0 Å². The molecule has 146 valence electrons. The summed E-state index contributed by atoms with van der Waals surface area (Å²) in [5.41, 5.74) is 5.81. The topological polar surface area (TPSA) is 102 Å². The molecule has 1 aliphatic carbocycles. The first kappa shape index (κ1) is 20.4. The molecule has 0 radical (unpaired) electrons. The standard InChI is InChI=1S/C19H33N5O2/c1-6-26-14-9-7-13(8-10-14)23-18-21-11-15(16(20)25)17(24-18)22-12(2)19(3,4)5/h11-14H,6-10H2,1-5H3,(H2,20,25)(H2,21,22,23,24)/t12-,13-,14-/m1/s1. The number of carbonyl (C=O) groups excluding carboxylic acids is 1. The number of amides is 1. The van der Waals surface area contributed by atoms with Gasteiger partial charge in [0.25, 0.3) is 5.91 Å². The molecule has 1 saturated carbocycles. The van der Waals surface area contributed by atoms with Crippen LogP contribution in [0.2, 0.25) is 0 Å². The monoisotopic (exact) mass is 363 g/mol. The number of nitrogens with two attached hydrogens (primary N) is 1. The molecule has 26 heavy (non-hydrogen) atoms. The molecule has 0 aromatic carbocycles. The van der Waals surface area contributed by atoms with Gasteiger partial charge in [-0.15, -0.1) is 0 Å². The van der Waals surface area contributed by atoms with E-state index in [2.05, 4.69) is 48.3 Å². The van der Waals surface area contributed by atoms with Crippen molar-refractivity contribution in [1.82, 2.24) is 9.97 Å². The van der Waals surface area contributed by atoms with Crippen LogP contribution in [-0.4, -0.2) is 40.7 Å². The SMILES string of the molecule is CCO[C@H]1CC[C@H](Nc2ncc(C(N)=O)c(N[C@H](C)C(C)(C)C)n2)CC1. The van der Waals surface area contributed by atoms with E-state index in [0.29, 0.717) is 29.5 Å². The number of rotatable bonds is 7. The summed E-state index contributed by atoms with van der Waals surface area (Å²) in [4.78, 5) is 20.5. The van der Waals surface area contributed by atoms with E-state index in [1.165, 1.54) is 6.20 Å². The highest BCUT2D eigenvalue weighted by Crippen LogP contribution is 2.26. The average molecular weight is 364 g/mol. The third-order valence-electron chi connectivity index (χ3n) is 5.12. The molecule has 1 atom stereocenters. The zero-order valence-corrected chi connectivity index (χ0v) is 16.6. The molecular weight excluding hydrogens is 330 g/mol. The summed E-state index contributed by atoms with van der Waals surface area (Å²) < 4.78 is 5.70. The zero-order chi connectivity index (χ0) is 19.3. The second-order valence-electron chi connectivity index (χ2n) is 8.13. The number of hydrogen-bond donors (Lipinski definition) is 3. The van der Waals surface area contributed by atoms with Crippen LogP contribution in [0.25, 0.3) is 0 Å². The highest BCUT2D eigenvalue weighted by atomic mass is 16.5. The third-order valence-corrected chi connectivity index (χ3v) is 5.12. The summed E-state index contributed by atoms with van der Waals surface area (Å²) in [6.07, 6.45) is 5.98. The maximum Gasteiger partial charge on any atom is 0.254 e. The molecule has 0 aliphatic heterocycles. The van der Waals surface area contributed by atoms with Crippen molar-refractivity contribution in [1.29, 1.82) is 0 Å². The van der Waals surface area contributed by atoms with Gasteiger partial charge in [0, 0.05) is 24.9 Å². The van der Waals surface area contributed by atoms with Crippen molar-refractivity contribution in [2.45, 2.75) is 78.5 Å². The molecule has 2 rings (SSSR count). The van der Waals surface area contributed by atoms with E-state index in [1.807, 2.05) is 6.92 Å². The van der Waals surface area contributed by atoms with Crippen molar-refractivity contribution < 1.29 is 9.53 Å². The predicted octanol–water partition coefficient (Wildman–Crippen LogP) is 3.18. The first-order valence-electron chi connectivity index (χ1n) is 9.52. The Morgan fingerprint density at radius 2 is 2.00 bits per heavy atom. The quantitative estimate of drug-likeness (QED) is 0.687. The van der Waals surface area contributed by atoms with Crippen LogP contribution in [0, 0.1) is 5.41 Å². The Labute approximate surface area is 156 Å². The highest BCUT2D eigenvalue weighted by Gasteiger charge is 2.24. The minimum atomic E-state index is -0.530. The molecule has 7 nitrogen and oxygen atoms in total. The molecule has 0 saturated heterocycles. The van der Waals surface area contributed by atoms with E-state index in [9.17, 15) is 4.79 Å². The second-order valence-corrected chi connectivity index (χ2v) is 8.13. The summed E-state index contributed by atoms with van der Waals surface area (Å²) in [6.45, 7) is 11.3. The summed E-state index contributed by atoms with van der Waals surface area (Å²) in [6, 6.07) is 0.434. The van der Waals surface area contributed by atoms with Crippen LogP contribution in [0.3, 0.4) is 0 Å². The molecule has 1 aliphatic rings. The Bertz CT molecular complexity index is 606. The second kappa shape index (κ2) is 8.66. The minimum Gasteiger partial charge on any atom is -0.379 e. The van der Waals surface area contributed by atoms with Gasteiger partial charge in [0.05, 0.1) is 11.7 Å². The van der Waals surface area contributed by atoms with Crippen LogP contribution >= 0.6 is 0 Å². The van der Waals surface area contributed by atoms with E-state index in [1.54, 1.807) is 0 Å². The first-order chi connectivity index (χ1) is 12.2. The van der Waals surface area contributed by atoms with Crippen LogP contribution in [0.5, 0.6) is 0 Å². The van der Waals surface area contributed by atoms with Crippen molar-refractivity contribution in [3.8, 4) is 0 Å². The molecule has 1 amide bonds. The summed E-state index contributed by atoms with van der Waals surface area (Å²) >= 11 is 0. The smallest absolute Gasteiger partial charge is 0.254 e. The van der Waals surface area contributed by atoms with Crippen molar-refractivity contribution in [2.24, 2.45) is 11.1 Å². The minimum absolute atomic E-state index is 0.0190. The molecule has 1 aromatic heterocycles. The van der Waals surface area contributed by atoms with Gasteiger partial charge in [0.2, 0.25) is 5.95 Å². The fourth-order valence-corrected chi connectivity index (χ4v) is 2.96. The number of hydrogen-bond acceptors (Lipinski definition) is 6. The fraction of sp³-hybridized carbons (Fsp3) is 0.737. The third kappa shape index (κ3) is 5.56. The Morgan fingerprint density at radius 3 is 2.54 bits per heavy atom. The van der Waals surface area contributed by atoms with Gasteiger partial charge in [-0.2, -0.15) is 4.98 Å². The number of carbonyl (C=O) groups is 1. The van der Waals surface area contributed by atoms with Crippen molar-refractivity contribution in [3.63, 3.8) is 0 Å². The number of primary amides is 1. The van der Waals surface area contributed by atoms with Gasteiger partial charge < -0.3 is 21.1 Å². The lowest BCUT2D eigenvalue weighted by molar-refractivity contribution is 0.0346. The number of nitrogens with zero attached hydrogens (tertiary/aromatic N) is 2. The summed E-state index contributed by atoms with van der Waals surface area (Å²) in [5.74, 6) is 0.483. The fourth-order valence-electron chi connectivity index (χ4n) is 2.96. The van der Waals surface area contributed by atoms with Crippen molar-refractivity contribution in [3.05, 3.63) is 11.8 Å². The number of nitrogens with one attached hydrogen (secondary N) is 2. The normalized spacial score (nSPS) is 21.9. The van der Waals surface area contributed by atoms with Gasteiger partial charge in [-0.05, 0) is 44.9 Å². The maximum atomic E-state index is 11.7. The van der Waals surface area contributed by atoms with Gasteiger partial charge in [0.1, 0.15) is 5.82 Å². The molecule has 1 heterocycles. The van der Waals surface area contributed by atoms with E-state index in [-0.39, 0.29) is 11.5 Å². The lowest BCUT2D eigenvalue weighted by atomic mass is 9.88. The lowest BCUT2D eigenvalue weighted by Crippen LogP contribution is -2.33. The van der Waals surface area contributed by atoms with E-state index in [4.69, 9.17) is 10.5 Å². The first-order valence-corrected chi connectivity index (χ1v) is 9.52. The Balaban J connectivity index is 2.08. The molecule has 0 unspecified atom stereocenters. The largest absolute Gasteiger partial charge is 0.379 e. The van der Waals surface area contributed by atoms with Crippen molar-refractivity contribution >= 4 is 17.7 Å². The predicted molar refractivity (Wildman–Crippen MR) is 104 cm³/mol. The van der Waals surface area contributed by atoms with E-state index >= 15 is 0 Å². The van der Waals surface area contributed by atoms with Crippen LogP contribution in [0.4, 0.5) is 11.8 Å². The van der Waals surface area contributed by atoms with Crippen LogP contribution in [-0.2, 0) is 4.74 Å². The average Bonchev–Trinajstić information content (AvgIpc) is 2.56. The summed E-state index contributed by atoms with van der Waals surface area (Å²) in [7, 11) is 0. The van der Waals surface area contributed by atoms with Crippen LogP contribution in [0.1, 0.15) is 70.7 Å². The zero-order valence-electron chi connectivity index (χ0n) is 16.6. The van der Waals surface area contributed by atoms with Gasteiger partial charge in [0.15, 0.2) is 0 Å². The van der Waals surface area contributed by atoms with Crippen molar-refractivity contribution in [2.75, 3.05) is 17.2 Å². The van der Waals surface area contributed by atoms with Crippen LogP contribution < -0.4 is 16.4 Å². The maximum absolute atomic E-state index is 11.7.